The molecule has 1 aliphatic heterocycles. The first-order valence-corrected chi connectivity index (χ1v) is 5.84. The lowest BCUT2D eigenvalue weighted by molar-refractivity contribution is 0.196. The molecule has 1 aliphatic rings. The van der Waals surface area contributed by atoms with Gasteiger partial charge in [-0.2, -0.15) is 0 Å². The molecule has 1 aromatic rings. The van der Waals surface area contributed by atoms with Crippen LogP contribution >= 0.6 is 22.9 Å². The van der Waals surface area contributed by atoms with Gasteiger partial charge in [-0.3, -0.25) is 0 Å². The number of nitrogens with zero attached hydrogens (tertiary/aromatic N) is 1. The first kappa shape index (κ1) is 10.2. The van der Waals surface area contributed by atoms with Crippen LogP contribution in [0.1, 0.15) is 10.6 Å². The standard InChI is InChI=1S/C9H13ClN2OS/c1-5-6(2)14-9(11-5)12-8-4-13-3-7(8)10/h7-8H,3-4H2,1-2H3,(H,11,12). The number of rotatable bonds is 2. The predicted octanol–water partition coefficient (Wildman–Crippen LogP) is 2.18. The molecule has 0 amide bonds. The molecule has 1 aromatic heterocycles. The van der Waals surface area contributed by atoms with E-state index >= 15 is 0 Å². The van der Waals surface area contributed by atoms with Gasteiger partial charge in [0.2, 0.25) is 0 Å². The molecule has 0 saturated carbocycles. The summed E-state index contributed by atoms with van der Waals surface area (Å²) < 4.78 is 5.26. The maximum Gasteiger partial charge on any atom is 0.183 e. The van der Waals surface area contributed by atoms with Crippen LogP contribution in [-0.2, 0) is 4.74 Å². The van der Waals surface area contributed by atoms with Crippen molar-refractivity contribution in [1.29, 1.82) is 0 Å². The molecule has 0 aromatic carbocycles. The van der Waals surface area contributed by atoms with Crippen LogP contribution in [0.25, 0.3) is 0 Å². The lowest BCUT2D eigenvalue weighted by atomic mass is 10.3. The highest BCUT2D eigenvalue weighted by molar-refractivity contribution is 7.15. The summed E-state index contributed by atoms with van der Waals surface area (Å²) in [6, 6.07) is 0.196. The molecule has 0 bridgehead atoms. The Kier molecular flexibility index (Phi) is 2.95. The first-order chi connectivity index (χ1) is 6.66. The number of thiazole rings is 1. The van der Waals surface area contributed by atoms with Crippen molar-refractivity contribution in [3.05, 3.63) is 10.6 Å². The third-order valence-corrected chi connectivity index (χ3v) is 3.78. The monoisotopic (exact) mass is 232 g/mol. The van der Waals surface area contributed by atoms with Crippen LogP contribution in [0, 0.1) is 13.8 Å². The molecule has 2 rings (SSSR count). The molecular weight excluding hydrogens is 220 g/mol. The smallest absolute Gasteiger partial charge is 0.183 e. The summed E-state index contributed by atoms with van der Waals surface area (Å²) in [5.74, 6) is 0. The molecule has 0 aliphatic carbocycles. The fourth-order valence-electron chi connectivity index (χ4n) is 1.35. The van der Waals surface area contributed by atoms with E-state index in [0.29, 0.717) is 13.2 Å². The van der Waals surface area contributed by atoms with Gasteiger partial charge in [-0.1, -0.05) is 0 Å². The summed E-state index contributed by atoms with van der Waals surface area (Å²) >= 11 is 7.73. The van der Waals surface area contributed by atoms with Crippen LogP contribution < -0.4 is 5.32 Å². The summed E-state index contributed by atoms with van der Waals surface area (Å²) in [5, 5.41) is 4.30. The van der Waals surface area contributed by atoms with Crippen LogP contribution in [0.2, 0.25) is 0 Å². The Hall–Kier alpha value is -0.320. The average Bonchev–Trinajstić information content (AvgIpc) is 2.63. The molecule has 3 nitrogen and oxygen atoms in total. The van der Waals surface area contributed by atoms with E-state index in [-0.39, 0.29) is 11.4 Å². The minimum absolute atomic E-state index is 0.0551. The zero-order chi connectivity index (χ0) is 10.1. The van der Waals surface area contributed by atoms with Crippen molar-refractivity contribution in [2.24, 2.45) is 0 Å². The van der Waals surface area contributed by atoms with E-state index in [2.05, 4.69) is 17.2 Å². The first-order valence-electron chi connectivity index (χ1n) is 4.59. The predicted molar refractivity (Wildman–Crippen MR) is 59.5 cm³/mol. The molecule has 0 spiro atoms. The van der Waals surface area contributed by atoms with E-state index in [9.17, 15) is 0 Å². The largest absolute Gasteiger partial charge is 0.378 e. The summed E-state index contributed by atoms with van der Waals surface area (Å²) in [6.45, 7) is 5.39. The van der Waals surface area contributed by atoms with Crippen LogP contribution in [0.15, 0.2) is 0 Å². The Morgan fingerprint density at radius 1 is 1.50 bits per heavy atom. The minimum atomic E-state index is 0.0551. The summed E-state index contributed by atoms with van der Waals surface area (Å²) in [4.78, 5) is 5.65. The molecule has 78 valence electrons. The van der Waals surface area contributed by atoms with Gasteiger partial charge in [0.25, 0.3) is 0 Å². The highest BCUT2D eigenvalue weighted by Crippen LogP contribution is 2.24. The van der Waals surface area contributed by atoms with E-state index in [1.165, 1.54) is 4.88 Å². The van der Waals surface area contributed by atoms with Crippen LogP contribution in [0.3, 0.4) is 0 Å². The van der Waals surface area contributed by atoms with Gasteiger partial charge in [-0.05, 0) is 13.8 Å². The lowest BCUT2D eigenvalue weighted by Gasteiger charge is -2.12. The quantitative estimate of drug-likeness (QED) is 0.794. The summed E-state index contributed by atoms with van der Waals surface area (Å²) in [7, 11) is 0. The Morgan fingerprint density at radius 3 is 2.79 bits per heavy atom. The van der Waals surface area contributed by atoms with Gasteiger partial charge in [0.1, 0.15) is 0 Å². The van der Waals surface area contributed by atoms with Gasteiger partial charge in [-0.15, -0.1) is 22.9 Å². The van der Waals surface area contributed by atoms with E-state index in [0.717, 1.165) is 10.8 Å². The second kappa shape index (κ2) is 4.04. The van der Waals surface area contributed by atoms with Crippen molar-refractivity contribution >= 4 is 28.1 Å². The van der Waals surface area contributed by atoms with Crippen molar-refractivity contribution in [1.82, 2.24) is 4.98 Å². The van der Waals surface area contributed by atoms with Gasteiger partial charge >= 0.3 is 0 Å². The van der Waals surface area contributed by atoms with E-state index in [4.69, 9.17) is 16.3 Å². The van der Waals surface area contributed by atoms with Crippen molar-refractivity contribution in [3.8, 4) is 0 Å². The van der Waals surface area contributed by atoms with Crippen molar-refractivity contribution in [2.45, 2.75) is 25.3 Å². The Morgan fingerprint density at radius 2 is 2.29 bits per heavy atom. The molecular formula is C9H13ClN2OS. The zero-order valence-electron chi connectivity index (χ0n) is 8.21. The van der Waals surface area contributed by atoms with E-state index in [1.807, 2.05) is 6.92 Å². The second-order valence-corrected chi connectivity index (χ2v) is 5.23. The third kappa shape index (κ3) is 2.02. The molecule has 0 radical (unpaired) electrons. The fraction of sp³-hybridized carbons (Fsp3) is 0.667. The molecule has 5 heteroatoms. The van der Waals surface area contributed by atoms with Gasteiger partial charge in [-0.25, -0.2) is 4.98 Å². The molecule has 2 heterocycles. The second-order valence-electron chi connectivity index (χ2n) is 3.46. The SMILES string of the molecule is Cc1nc(NC2COCC2Cl)sc1C. The summed E-state index contributed by atoms with van der Waals surface area (Å²) in [6.07, 6.45) is 0. The number of ether oxygens (including phenoxy) is 1. The lowest BCUT2D eigenvalue weighted by Crippen LogP contribution is -2.28. The minimum Gasteiger partial charge on any atom is -0.378 e. The molecule has 2 unspecified atom stereocenters. The van der Waals surface area contributed by atoms with E-state index < -0.39 is 0 Å². The number of alkyl halides is 1. The van der Waals surface area contributed by atoms with Crippen molar-refractivity contribution in [2.75, 3.05) is 18.5 Å². The highest BCUT2D eigenvalue weighted by Gasteiger charge is 2.26. The Labute approximate surface area is 92.4 Å². The number of aryl methyl sites for hydroxylation is 2. The molecule has 1 N–H and O–H groups in total. The number of hydrogen-bond acceptors (Lipinski definition) is 4. The number of halogens is 1. The van der Waals surface area contributed by atoms with Crippen molar-refractivity contribution in [3.63, 3.8) is 0 Å². The number of nitrogens with one attached hydrogen (secondary N) is 1. The summed E-state index contributed by atoms with van der Waals surface area (Å²) in [5.41, 5.74) is 1.09. The van der Waals surface area contributed by atoms with Gasteiger partial charge in [0.05, 0.1) is 30.3 Å². The Bertz CT molecular complexity index is 309. The van der Waals surface area contributed by atoms with Gasteiger partial charge < -0.3 is 10.1 Å². The third-order valence-electron chi connectivity index (χ3n) is 2.35. The highest BCUT2D eigenvalue weighted by atomic mass is 35.5. The molecule has 2 atom stereocenters. The molecule has 14 heavy (non-hydrogen) atoms. The van der Waals surface area contributed by atoms with Gasteiger partial charge in [0.15, 0.2) is 5.13 Å². The number of hydrogen-bond donors (Lipinski definition) is 1. The zero-order valence-corrected chi connectivity index (χ0v) is 9.78. The topological polar surface area (TPSA) is 34.2 Å². The fourth-order valence-corrected chi connectivity index (χ4v) is 2.45. The number of anilines is 1. The maximum atomic E-state index is 6.06. The van der Waals surface area contributed by atoms with Crippen LogP contribution in [-0.4, -0.2) is 29.6 Å². The van der Waals surface area contributed by atoms with E-state index in [1.54, 1.807) is 11.3 Å². The van der Waals surface area contributed by atoms with Crippen LogP contribution in [0.4, 0.5) is 5.13 Å². The maximum absolute atomic E-state index is 6.06. The van der Waals surface area contributed by atoms with Crippen LogP contribution in [0.5, 0.6) is 0 Å². The Balaban J connectivity index is 2.03. The normalized spacial score (nSPS) is 26.8. The number of aromatic nitrogens is 1. The molecule has 1 saturated heterocycles. The van der Waals surface area contributed by atoms with Gasteiger partial charge in [0, 0.05) is 4.88 Å². The average molecular weight is 233 g/mol. The molecule has 1 fully saturated rings. The van der Waals surface area contributed by atoms with Crippen molar-refractivity contribution < 1.29 is 4.74 Å².